The van der Waals surface area contributed by atoms with Gasteiger partial charge in [0.15, 0.2) is 0 Å². The fraction of sp³-hybridized carbons (Fsp3) is 0.500. The molecule has 1 aliphatic carbocycles. The number of hydrogen-bond donors (Lipinski definition) is 2. The highest BCUT2D eigenvalue weighted by Gasteiger charge is 2.35. The van der Waals surface area contributed by atoms with Crippen LogP contribution < -0.4 is 10.9 Å². The Balaban J connectivity index is 1.99. The van der Waals surface area contributed by atoms with Gasteiger partial charge in [0.1, 0.15) is 0 Å². The van der Waals surface area contributed by atoms with Crippen LogP contribution in [0, 0.1) is 5.92 Å². The summed E-state index contributed by atoms with van der Waals surface area (Å²) in [6.45, 7) is 0. The number of amides is 2. The van der Waals surface area contributed by atoms with Crippen LogP contribution in [0.5, 0.6) is 0 Å². The molecular formula is C14H16F3N3O2. The van der Waals surface area contributed by atoms with Crippen molar-refractivity contribution in [1.29, 1.82) is 0 Å². The van der Waals surface area contributed by atoms with Gasteiger partial charge in [-0.15, -0.1) is 0 Å². The van der Waals surface area contributed by atoms with Crippen molar-refractivity contribution in [1.82, 2.24) is 15.8 Å². The van der Waals surface area contributed by atoms with E-state index in [-0.39, 0.29) is 11.8 Å². The number of nitrogens with zero attached hydrogens (tertiary/aromatic N) is 1. The Morgan fingerprint density at radius 3 is 2.45 bits per heavy atom. The zero-order valence-electron chi connectivity index (χ0n) is 11.7. The van der Waals surface area contributed by atoms with E-state index < -0.39 is 23.2 Å². The number of carbonyl (C=O) groups is 2. The van der Waals surface area contributed by atoms with E-state index in [1.807, 2.05) is 5.43 Å². The molecule has 8 heteroatoms. The molecule has 1 heterocycles. The second-order valence-electron chi connectivity index (χ2n) is 5.20. The molecule has 0 bridgehead atoms. The molecule has 0 radical (unpaired) electrons. The Labute approximate surface area is 125 Å². The maximum Gasteiger partial charge on any atom is 0.417 e. The fourth-order valence-electron chi connectivity index (χ4n) is 2.48. The van der Waals surface area contributed by atoms with Crippen molar-refractivity contribution in [3.63, 3.8) is 0 Å². The van der Waals surface area contributed by atoms with Crippen LogP contribution in [0.3, 0.4) is 0 Å². The SMILES string of the molecule is O=C(NNC(=O)C1CCCCC1)c1cnccc1C(F)(F)F. The summed E-state index contributed by atoms with van der Waals surface area (Å²) in [6, 6.07) is 0.720. The van der Waals surface area contributed by atoms with Crippen LogP contribution in [0.25, 0.3) is 0 Å². The quantitative estimate of drug-likeness (QED) is 0.824. The normalized spacial score (nSPS) is 16.1. The molecule has 2 amide bonds. The molecule has 120 valence electrons. The molecule has 1 aromatic rings. The van der Waals surface area contributed by atoms with E-state index in [1.165, 1.54) is 0 Å². The molecular weight excluding hydrogens is 299 g/mol. The number of carbonyl (C=O) groups excluding carboxylic acids is 2. The van der Waals surface area contributed by atoms with E-state index in [0.717, 1.165) is 50.6 Å². The van der Waals surface area contributed by atoms with Crippen molar-refractivity contribution in [2.24, 2.45) is 5.92 Å². The highest BCUT2D eigenvalue weighted by atomic mass is 19.4. The van der Waals surface area contributed by atoms with Crippen molar-refractivity contribution in [3.05, 3.63) is 29.6 Å². The Hall–Kier alpha value is -2.12. The van der Waals surface area contributed by atoms with Crippen LogP contribution in [-0.2, 0) is 11.0 Å². The number of rotatable bonds is 2. The van der Waals surface area contributed by atoms with Gasteiger partial charge in [-0.1, -0.05) is 19.3 Å². The number of aromatic nitrogens is 1. The first-order chi connectivity index (χ1) is 10.4. The molecule has 0 aliphatic heterocycles. The van der Waals surface area contributed by atoms with Crippen LogP contribution in [0.15, 0.2) is 18.5 Å². The summed E-state index contributed by atoms with van der Waals surface area (Å²) < 4.78 is 38.4. The number of alkyl halides is 3. The molecule has 2 N–H and O–H groups in total. The Kier molecular flexibility index (Phi) is 4.99. The van der Waals surface area contributed by atoms with Crippen LogP contribution in [0.4, 0.5) is 13.2 Å². The van der Waals surface area contributed by atoms with Crippen LogP contribution in [-0.4, -0.2) is 16.8 Å². The van der Waals surface area contributed by atoms with E-state index in [4.69, 9.17) is 0 Å². The van der Waals surface area contributed by atoms with Gasteiger partial charge in [0.05, 0.1) is 11.1 Å². The predicted molar refractivity (Wildman–Crippen MR) is 71.4 cm³/mol. The number of halogens is 3. The largest absolute Gasteiger partial charge is 0.417 e. The van der Waals surface area contributed by atoms with E-state index in [0.29, 0.717) is 0 Å². The minimum atomic E-state index is -4.66. The Bertz CT molecular complexity index is 555. The Morgan fingerprint density at radius 2 is 1.82 bits per heavy atom. The van der Waals surface area contributed by atoms with Gasteiger partial charge in [-0.05, 0) is 18.9 Å². The van der Waals surface area contributed by atoms with Gasteiger partial charge < -0.3 is 0 Å². The molecule has 22 heavy (non-hydrogen) atoms. The monoisotopic (exact) mass is 315 g/mol. The first-order valence-corrected chi connectivity index (χ1v) is 7.01. The van der Waals surface area contributed by atoms with Gasteiger partial charge >= 0.3 is 6.18 Å². The van der Waals surface area contributed by atoms with E-state index in [2.05, 4.69) is 10.4 Å². The molecule has 2 rings (SSSR count). The van der Waals surface area contributed by atoms with E-state index in [1.54, 1.807) is 0 Å². The molecule has 0 aromatic carbocycles. The highest BCUT2D eigenvalue weighted by Crippen LogP contribution is 2.31. The summed E-state index contributed by atoms with van der Waals surface area (Å²) in [5, 5.41) is 0. The lowest BCUT2D eigenvalue weighted by atomic mass is 9.89. The van der Waals surface area contributed by atoms with Gasteiger partial charge in [-0.3, -0.25) is 25.4 Å². The summed E-state index contributed by atoms with van der Waals surface area (Å²) in [5.41, 5.74) is 2.51. The summed E-state index contributed by atoms with van der Waals surface area (Å²) >= 11 is 0. The van der Waals surface area contributed by atoms with E-state index in [9.17, 15) is 22.8 Å². The lowest BCUT2D eigenvalue weighted by Gasteiger charge is -2.21. The zero-order chi connectivity index (χ0) is 16.2. The first-order valence-electron chi connectivity index (χ1n) is 7.01. The van der Waals surface area contributed by atoms with Crippen LogP contribution >= 0.6 is 0 Å². The van der Waals surface area contributed by atoms with Crippen molar-refractivity contribution in [3.8, 4) is 0 Å². The van der Waals surface area contributed by atoms with Crippen molar-refractivity contribution < 1.29 is 22.8 Å². The van der Waals surface area contributed by atoms with E-state index >= 15 is 0 Å². The minimum absolute atomic E-state index is 0.204. The standard InChI is InChI=1S/C14H16F3N3O2/c15-14(16,17)11-6-7-18-8-10(11)13(22)20-19-12(21)9-4-2-1-3-5-9/h6-9H,1-5H2,(H,19,21)(H,20,22). The average molecular weight is 315 g/mol. The number of nitrogens with one attached hydrogen (secondary N) is 2. The minimum Gasteiger partial charge on any atom is -0.273 e. The molecule has 1 fully saturated rings. The van der Waals surface area contributed by atoms with Crippen molar-refractivity contribution in [2.45, 2.75) is 38.3 Å². The topological polar surface area (TPSA) is 71.1 Å². The summed E-state index contributed by atoms with van der Waals surface area (Å²) in [7, 11) is 0. The first kappa shape index (κ1) is 16.3. The molecule has 5 nitrogen and oxygen atoms in total. The second kappa shape index (κ2) is 6.76. The van der Waals surface area contributed by atoms with Crippen molar-refractivity contribution in [2.75, 3.05) is 0 Å². The molecule has 1 aromatic heterocycles. The molecule has 1 aliphatic rings. The maximum absolute atomic E-state index is 12.8. The lowest BCUT2D eigenvalue weighted by Crippen LogP contribution is -2.45. The zero-order valence-corrected chi connectivity index (χ0v) is 11.7. The van der Waals surface area contributed by atoms with Gasteiger partial charge in [-0.2, -0.15) is 13.2 Å². The summed E-state index contributed by atoms with van der Waals surface area (Å²) in [4.78, 5) is 27.2. The number of hydrazine groups is 1. The molecule has 0 unspecified atom stereocenters. The average Bonchev–Trinajstić information content (AvgIpc) is 2.52. The Morgan fingerprint density at radius 1 is 1.14 bits per heavy atom. The molecule has 1 saturated carbocycles. The van der Waals surface area contributed by atoms with Gasteiger partial charge in [0.2, 0.25) is 5.91 Å². The summed E-state index contributed by atoms with van der Waals surface area (Å²) in [6.07, 6.45) is 1.51. The van der Waals surface area contributed by atoms with Gasteiger partial charge in [0, 0.05) is 18.3 Å². The maximum atomic E-state index is 12.8. The highest BCUT2D eigenvalue weighted by molar-refractivity contribution is 5.96. The van der Waals surface area contributed by atoms with Crippen molar-refractivity contribution >= 4 is 11.8 Å². The third kappa shape index (κ3) is 3.96. The third-order valence-electron chi connectivity index (χ3n) is 3.65. The number of hydrogen-bond acceptors (Lipinski definition) is 3. The molecule has 0 saturated heterocycles. The second-order valence-corrected chi connectivity index (χ2v) is 5.20. The molecule has 0 spiro atoms. The summed E-state index contributed by atoms with van der Waals surface area (Å²) in [5.74, 6) is -1.61. The number of pyridine rings is 1. The fourth-order valence-corrected chi connectivity index (χ4v) is 2.48. The van der Waals surface area contributed by atoms with Crippen LogP contribution in [0.1, 0.15) is 48.0 Å². The third-order valence-corrected chi connectivity index (χ3v) is 3.65. The lowest BCUT2D eigenvalue weighted by molar-refractivity contribution is -0.138. The van der Waals surface area contributed by atoms with Gasteiger partial charge in [0.25, 0.3) is 5.91 Å². The van der Waals surface area contributed by atoms with Gasteiger partial charge in [-0.25, -0.2) is 0 Å². The van der Waals surface area contributed by atoms with Crippen LogP contribution in [0.2, 0.25) is 0 Å². The molecule has 0 atom stereocenters. The predicted octanol–water partition coefficient (Wildman–Crippen LogP) is 2.44. The smallest absolute Gasteiger partial charge is 0.273 e.